The summed E-state index contributed by atoms with van der Waals surface area (Å²) >= 11 is 0. The Hall–Kier alpha value is -0.780. The summed E-state index contributed by atoms with van der Waals surface area (Å²) in [6.45, 7) is 28.8. The normalized spacial score (nSPS) is 25.7. The van der Waals surface area contributed by atoms with Gasteiger partial charge in [0.15, 0.2) is 0 Å². The topological polar surface area (TPSA) is 0 Å². The van der Waals surface area contributed by atoms with Crippen LogP contribution in [0.3, 0.4) is 0 Å². The SMILES string of the molecule is C=CCC(C)=C(CC(C)C1C=C1)C(C)(CCC)CCCC(C)C1CC1C(C)(CCC(C)C)C(C)C. The zero-order valence-electron chi connectivity index (χ0n) is 25.6. The lowest BCUT2D eigenvalue weighted by Gasteiger charge is -2.37. The summed E-state index contributed by atoms with van der Waals surface area (Å²) in [6, 6.07) is 0. The average molecular weight is 483 g/mol. The molecule has 0 bridgehead atoms. The lowest BCUT2D eigenvalue weighted by atomic mass is 9.68. The summed E-state index contributed by atoms with van der Waals surface area (Å²) in [4.78, 5) is 0. The standard InChI is InChI=1S/C35H62/c1-12-15-28(8)32(23-29(9)30-17-18-30)34(10,20-13-2)21-14-16-27(7)31-24-33(31)35(11,26(5)6)22-19-25(3)4/h12,17-18,25-27,29-31,33H,1,13-16,19-24H2,2-11H3. The maximum atomic E-state index is 4.06. The van der Waals surface area contributed by atoms with Crippen molar-refractivity contribution in [3.05, 3.63) is 36.0 Å². The van der Waals surface area contributed by atoms with Gasteiger partial charge in [-0.2, -0.15) is 0 Å². The maximum absolute atomic E-state index is 4.06. The molecule has 0 aromatic heterocycles. The van der Waals surface area contributed by atoms with Crippen LogP contribution in [0.5, 0.6) is 0 Å². The van der Waals surface area contributed by atoms with Crippen molar-refractivity contribution in [2.45, 2.75) is 133 Å². The fourth-order valence-electron chi connectivity index (χ4n) is 7.29. The third-order valence-electron chi connectivity index (χ3n) is 10.5. The molecule has 0 aliphatic heterocycles. The van der Waals surface area contributed by atoms with E-state index in [0.29, 0.717) is 10.8 Å². The molecular formula is C35H62. The monoisotopic (exact) mass is 482 g/mol. The molecule has 2 rings (SSSR count). The van der Waals surface area contributed by atoms with Gasteiger partial charge in [0.1, 0.15) is 0 Å². The van der Waals surface area contributed by atoms with Crippen molar-refractivity contribution in [1.82, 2.24) is 0 Å². The molecular weight excluding hydrogens is 420 g/mol. The second-order valence-electron chi connectivity index (χ2n) is 14.2. The first-order chi connectivity index (χ1) is 16.4. The number of allylic oxidation sites excluding steroid dienone is 5. The Morgan fingerprint density at radius 3 is 2.14 bits per heavy atom. The minimum atomic E-state index is 0.345. The van der Waals surface area contributed by atoms with Gasteiger partial charge in [-0.15, -0.1) is 6.58 Å². The van der Waals surface area contributed by atoms with E-state index in [0.717, 1.165) is 47.8 Å². The molecule has 2 aliphatic carbocycles. The highest BCUT2D eigenvalue weighted by Gasteiger charge is 2.52. The Balaban J connectivity index is 2.02. The molecule has 0 spiro atoms. The molecule has 0 heterocycles. The molecule has 0 aromatic carbocycles. The van der Waals surface area contributed by atoms with E-state index in [1.807, 2.05) is 0 Å². The van der Waals surface area contributed by atoms with Crippen molar-refractivity contribution in [3.63, 3.8) is 0 Å². The molecule has 202 valence electrons. The third kappa shape index (κ3) is 8.36. The minimum Gasteiger partial charge on any atom is -0.103 e. The zero-order chi connectivity index (χ0) is 26.4. The highest BCUT2D eigenvalue weighted by molar-refractivity contribution is 5.25. The minimum absolute atomic E-state index is 0.345. The van der Waals surface area contributed by atoms with Gasteiger partial charge in [0.2, 0.25) is 0 Å². The van der Waals surface area contributed by atoms with E-state index in [1.165, 1.54) is 57.8 Å². The maximum Gasteiger partial charge on any atom is -0.00243 e. The second-order valence-corrected chi connectivity index (χ2v) is 14.2. The van der Waals surface area contributed by atoms with Crippen LogP contribution in [0.15, 0.2) is 36.0 Å². The molecule has 1 fully saturated rings. The van der Waals surface area contributed by atoms with Crippen molar-refractivity contribution >= 4 is 0 Å². The molecule has 0 saturated heterocycles. The van der Waals surface area contributed by atoms with Crippen LogP contribution < -0.4 is 0 Å². The molecule has 0 aromatic rings. The third-order valence-corrected chi connectivity index (χ3v) is 10.5. The van der Waals surface area contributed by atoms with Gasteiger partial charge in [0.05, 0.1) is 0 Å². The van der Waals surface area contributed by atoms with E-state index in [9.17, 15) is 0 Å². The van der Waals surface area contributed by atoms with Crippen LogP contribution in [0.2, 0.25) is 0 Å². The second kappa shape index (κ2) is 13.1. The fraction of sp³-hybridized carbons (Fsp3) is 0.829. The van der Waals surface area contributed by atoms with Crippen molar-refractivity contribution in [3.8, 4) is 0 Å². The van der Waals surface area contributed by atoms with Crippen molar-refractivity contribution in [2.75, 3.05) is 0 Å². The van der Waals surface area contributed by atoms with E-state index >= 15 is 0 Å². The first-order valence-electron chi connectivity index (χ1n) is 15.4. The van der Waals surface area contributed by atoms with Gasteiger partial charge in [-0.05, 0) is 97.7 Å². The van der Waals surface area contributed by atoms with E-state index in [2.05, 4.69) is 94.0 Å². The van der Waals surface area contributed by atoms with Crippen molar-refractivity contribution < 1.29 is 0 Å². The first kappa shape index (κ1) is 30.4. The van der Waals surface area contributed by atoms with E-state index in [-0.39, 0.29) is 0 Å². The van der Waals surface area contributed by atoms with Gasteiger partial charge in [-0.3, -0.25) is 0 Å². The molecule has 6 unspecified atom stereocenters. The molecule has 35 heavy (non-hydrogen) atoms. The van der Waals surface area contributed by atoms with Crippen molar-refractivity contribution in [1.29, 1.82) is 0 Å². The van der Waals surface area contributed by atoms with Crippen LogP contribution in [0.4, 0.5) is 0 Å². The Labute approximate surface area is 221 Å². The van der Waals surface area contributed by atoms with Crippen LogP contribution in [0.25, 0.3) is 0 Å². The van der Waals surface area contributed by atoms with Gasteiger partial charge < -0.3 is 0 Å². The largest absolute Gasteiger partial charge is 0.103 e. The lowest BCUT2D eigenvalue weighted by Crippen LogP contribution is -2.28. The summed E-state index contributed by atoms with van der Waals surface area (Å²) in [6.07, 6.45) is 20.2. The lowest BCUT2D eigenvalue weighted by molar-refractivity contribution is 0.132. The van der Waals surface area contributed by atoms with E-state index < -0.39 is 0 Å². The van der Waals surface area contributed by atoms with Crippen LogP contribution in [0.1, 0.15) is 133 Å². The highest BCUT2D eigenvalue weighted by Crippen LogP contribution is 2.60. The molecule has 1 saturated carbocycles. The molecule has 0 N–H and O–H groups in total. The highest BCUT2D eigenvalue weighted by atomic mass is 14.6. The molecule has 2 aliphatic rings. The van der Waals surface area contributed by atoms with Gasteiger partial charge in [-0.25, -0.2) is 0 Å². The van der Waals surface area contributed by atoms with E-state index in [1.54, 1.807) is 11.1 Å². The van der Waals surface area contributed by atoms with Crippen LogP contribution in [-0.2, 0) is 0 Å². The number of hydrogen-bond donors (Lipinski definition) is 0. The van der Waals surface area contributed by atoms with Gasteiger partial charge in [0, 0.05) is 0 Å². The summed E-state index contributed by atoms with van der Waals surface area (Å²) in [5.41, 5.74) is 4.23. The summed E-state index contributed by atoms with van der Waals surface area (Å²) in [5, 5.41) is 0. The Kier molecular flexibility index (Phi) is 11.4. The Morgan fingerprint density at radius 2 is 1.63 bits per heavy atom. The first-order valence-corrected chi connectivity index (χ1v) is 15.4. The number of rotatable bonds is 18. The van der Waals surface area contributed by atoms with E-state index in [4.69, 9.17) is 0 Å². The quantitative estimate of drug-likeness (QED) is 0.170. The average Bonchev–Trinajstić information content (AvgIpc) is 3.68. The summed E-state index contributed by atoms with van der Waals surface area (Å²) in [7, 11) is 0. The van der Waals surface area contributed by atoms with Crippen LogP contribution in [-0.4, -0.2) is 0 Å². The Morgan fingerprint density at radius 1 is 0.971 bits per heavy atom. The zero-order valence-corrected chi connectivity index (χ0v) is 25.6. The van der Waals surface area contributed by atoms with Gasteiger partial charge in [-0.1, -0.05) is 117 Å². The molecule has 0 amide bonds. The fourth-order valence-corrected chi connectivity index (χ4v) is 7.29. The van der Waals surface area contributed by atoms with Crippen molar-refractivity contribution in [2.24, 2.45) is 52.3 Å². The predicted molar refractivity (Wildman–Crippen MR) is 159 cm³/mol. The van der Waals surface area contributed by atoms with Gasteiger partial charge >= 0.3 is 0 Å². The molecule has 0 radical (unpaired) electrons. The van der Waals surface area contributed by atoms with Crippen LogP contribution >= 0.6 is 0 Å². The molecule has 6 atom stereocenters. The predicted octanol–water partition coefficient (Wildman–Crippen LogP) is 11.4. The molecule has 0 heteroatoms. The smallest absolute Gasteiger partial charge is 0.00243 e. The van der Waals surface area contributed by atoms with Crippen LogP contribution in [0, 0.1) is 52.3 Å². The Bertz CT molecular complexity index is 714. The summed E-state index contributed by atoms with van der Waals surface area (Å²) in [5.74, 6) is 5.89. The number of hydrogen-bond acceptors (Lipinski definition) is 0. The van der Waals surface area contributed by atoms with Gasteiger partial charge in [0.25, 0.3) is 0 Å². The summed E-state index contributed by atoms with van der Waals surface area (Å²) < 4.78 is 0. The molecule has 0 nitrogen and oxygen atoms in total.